The molecule has 3 heterocycles. The fourth-order valence-electron chi connectivity index (χ4n) is 3.44. The molecule has 2 aliphatic heterocycles. The van der Waals surface area contributed by atoms with E-state index in [0.717, 1.165) is 50.6 Å². The summed E-state index contributed by atoms with van der Waals surface area (Å²) in [5, 5.41) is 4.74. The average molecular weight is 258 g/mol. The first-order valence-electron chi connectivity index (χ1n) is 6.94. The monoisotopic (exact) mass is 258 g/mol. The number of benzene rings is 1. The Hall–Kier alpha value is -1.68. The molecule has 0 saturated heterocycles. The molecule has 0 saturated carbocycles. The molecule has 2 aliphatic rings. The highest BCUT2D eigenvalue weighted by molar-refractivity contribution is 5.96. The van der Waals surface area contributed by atoms with Crippen molar-refractivity contribution in [1.29, 1.82) is 0 Å². The van der Waals surface area contributed by atoms with Gasteiger partial charge in [-0.1, -0.05) is 0 Å². The summed E-state index contributed by atoms with van der Waals surface area (Å²) in [4.78, 5) is 0. The lowest BCUT2D eigenvalue weighted by Gasteiger charge is -2.19. The van der Waals surface area contributed by atoms with Crippen LogP contribution in [0.25, 0.3) is 10.9 Å². The average Bonchev–Trinajstić information content (AvgIpc) is 2.64. The van der Waals surface area contributed by atoms with E-state index in [2.05, 4.69) is 9.88 Å². The standard InChI is InChI=1S/C15H18N2O2/c1-18-12-2-3-13-15-14(12)10-4-6-16-7-5-11(10)17(15)8-9-19-13/h2-3,16H,4-9H2,1H3. The predicted octanol–water partition coefficient (Wildman–Crippen LogP) is 1.73. The predicted molar refractivity (Wildman–Crippen MR) is 74.3 cm³/mol. The molecule has 1 aromatic carbocycles. The maximum absolute atomic E-state index is 5.81. The molecule has 0 amide bonds. The Labute approximate surface area is 112 Å². The van der Waals surface area contributed by atoms with Gasteiger partial charge in [0.05, 0.1) is 19.2 Å². The van der Waals surface area contributed by atoms with E-state index >= 15 is 0 Å². The third kappa shape index (κ3) is 1.49. The van der Waals surface area contributed by atoms with Gasteiger partial charge >= 0.3 is 0 Å². The van der Waals surface area contributed by atoms with Gasteiger partial charge in [-0.3, -0.25) is 0 Å². The van der Waals surface area contributed by atoms with E-state index in [9.17, 15) is 0 Å². The van der Waals surface area contributed by atoms with Crippen LogP contribution in [0.5, 0.6) is 11.5 Å². The normalized spacial score (nSPS) is 17.7. The van der Waals surface area contributed by atoms with Crippen molar-refractivity contribution in [1.82, 2.24) is 9.88 Å². The molecule has 2 aromatic rings. The van der Waals surface area contributed by atoms with Crippen molar-refractivity contribution in [2.75, 3.05) is 26.8 Å². The number of aromatic nitrogens is 1. The van der Waals surface area contributed by atoms with Crippen molar-refractivity contribution in [3.8, 4) is 11.5 Å². The minimum Gasteiger partial charge on any atom is -0.496 e. The molecule has 100 valence electrons. The maximum Gasteiger partial charge on any atom is 0.143 e. The first kappa shape index (κ1) is 11.2. The summed E-state index contributed by atoms with van der Waals surface area (Å²) in [6, 6.07) is 4.07. The van der Waals surface area contributed by atoms with Crippen LogP contribution < -0.4 is 14.8 Å². The van der Waals surface area contributed by atoms with Crippen LogP contribution in [0.4, 0.5) is 0 Å². The minimum absolute atomic E-state index is 0.767. The highest BCUT2D eigenvalue weighted by Crippen LogP contribution is 2.41. The fraction of sp³-hybridized carbons (Fsp3) is 0.467. The van der Waals surface area contributed by atoms with Crippen LogP contribution in [0.2, 0.25) is 0 Å². The summed E-state index contributed by atoms with van der Waals surface area (Å²) in [5.41, 5.74) is 4.15. The van der Waals surface area contributed by atoms with Crippen molar-refractivity contribution in [2.24, 2.45) is 0 Å². The van der Waals surface area contributed by atoms with Crippen LogP contribution in [0.3, 0.4) is 0 Å². The lowest BCUT2D eigenvalue weighted by Crippen LogP contribution is -2.19. The Balaban J connectivity index is 2.11. The molecule has 0 unspecified atom stereocenters. The van der Waals surface area contributed by atoms with Gasteiger partial charge in [0.25, 0.3) is 0 Å². The summed E-state index contributed by atoms with van der Waals surface area (Å²) in [6.45, 7) is 3.82. The Morgan fingerprint density at radius 3 is 3.05 bits per heavy atom. The summed E-state index contributed by atoms with van der Waals surface area (Å²) in [6.07, 6.45) is 2.16. The third-order valence-corrected chi connectivity index (χ3v) is 4.23. The van der Waals surface area contributed by atoms with Crippen molar-refractivity contribution >= 4 is 10.9 Å². The first-order chi connectivity index (χ1) is 9.40. The van der Waals surface area contributed by atoms with E-state index in [1.165, 1.54) is 22.2 Å². The molecule has 4 rings (SSSR count). The number of methoxy groups -OCH3 is 1. The summed E-state index contributed by atoms with van der Waals surface area (Å²) < 4.78 is 13.8. The van der Waals surface area contributed by atoms with E-state index in [-0.39, 0.29) is 0 Å². The smallest absolute Gasteiger partial charge is 0.143 e. The highest BCUT2D eigenvalue weighted by Gasteiger charge is 2.26. The van der Waals surface area contributed by atoms with Crippen LogP contribution in [0.15, 0.2) is 12.1 Å². The largest absolute Gasteiger partial charge is 0.496 e. The molecular formula is C15H18N2O2. The van der Waals surface area contributed by atoms with E-state index in [1.54, 1.807) is 7.11 Å². The molecule has 0 atom stereocenters. The molecule has 1 N–H and O–H groups in total. The number of hydrogen-bond acceptors (Lipinski definition) is 3. The number of rotatable bonds is 1. The molecule has 19 heavy (non-hydrogen) atoms. The molecule has 0 aliphatic carbocycles. The fourth-order valence-corrected chi connectivity index (χ4v) is 3.44. The molecular weight excluding hydrogens is 240 g/mol. The zero-order chi connectivity index (χ0) is 12.8. The van der Waals surface area contributed by atoms with Crippen LogP contribution in [0.1, 0.15) is 11.3 Å². The highest BCUT2D eigenvalue weighted by atomic mass is 16.5. The molecule has 0 fully saturated rings. The Morgan fingerprint density at radius 1 is 1.26 bits per heavy atom. The number of hydrogen-bond donors (Lipinski definition) is 1. The van der Waals surface area contributed by atoms with Crippen molar-refractivity contribution in [3.63, 3.8) is 0 Å². The Morgan fingerprint density at radius 2 is 2.16 bits per heavy atom. The Kier molecular flexibility index (Phi) is 2.45. The molecule has 0 radical (unpaired) electrons. The topological polar surface area (TPSA) is 35.4 Å². The molecule has 0 spiro atoms. The van der Waals surface area contributed by atoms with Crippen molar-refractivity contribution < 1.29 is 9.47 Å². The van der Waals surface area contributed by atoms with Gasteiger partial charge in [0.1, 0.15) is 18.1 Å². The molecule has 4 heteroatoms. The molecule has 0 bridgehead atoms. The summed E-state index contributed by atoms with van der Waals surface area (Å²) in [7, 11) is 1.75. The summed E-state index contributed by atoms with van der Waals surface area (Å²) >= 11 is 0. The summed E-state index contributed by atoms with van der Waals surface area (Å²) in [5.74, 6) is 1.98. The van der Waals surface area contributed by atoms with Crippen LogP contribution in [-0.2, 0) is 19.4 Å². The number of ether oxygens (including phenoxy) is 2. The second-order valence-electron chi connectivity index (χ2n) is 5.16. The van der Waals surface area contributed by atoms with E-state index in [4.69, 9.17) is 9.47 Å². The number of fused-ring (bicyclic) bond motifs is 3. The van der Waals surface area contributed by atoms with E-state index in [0.29, 0.717) is 0 Å². The number of nitrogens with zero attached hydrogens (tertiary/aromatic N) is 1. The molecule has 4 nitrogen and oxygen atoms in total. The number of nitrogens with one attached hydrogen (secondary N) is 1. The van der Waals surface area contributed by atoms with Crippen LogP contribution in [0, 0.1) is 0 Å². The second kappa shape index (κ2) is 4.17. The van der Waals surface area contributed by atoms with Crippen LogP contribution >= 0.6 is 0 Å². The van der Waals surface area contributed by atoms with Gasteiger partial charge in [-0.15, -0.1) is 0 Å². The van der Waals surface area contributed by atoms with Gasteiger partial charge in [-0.05, 0) is 30.7 Å². The van der Waals surface area contributed by atoms with Crippen LogP contribution in [-0.4, -0.2) is 31.4 Å². The van der Waals surface area contributed by atoms with Gasteiger partial charge in [0.15, 0.2) is 0 Å². The minimum atomic E-state index is 0.767. The molecule has 1 aromatic heterocycles. The van der Waals surface area contributed by atoms with Gasteiger partial charge in [0, 0.05) is 24.0 Å². The maximum atomic E-state index is 5.81. The van der Waals surface area contributed by atoms with Gasteiger partial charge in [-0.2, -0.15) is 0 Å². The lowest BCUT2D eigenvalue weighted by molar-refractivity contribution is 0.284. The van der Waals surface area contributed by atoms with Gasteiger partial charge in [-0.25, -0.2) is 0 Å². The lowest BCUT2D eigenvalue weighted by atomic mass is 10.1. The zero-order valence-corrected chi connectivity index (χ0v) is 11.2. The van der Waals surface area contributed by atoms with Crippen molar-refractivity contribution in [3.05, 3.63) is 23.4 Å². The quantitative estimate of drug-likeness (QED) is 0.846. The van der Waals surface area contributed by atoms with E-state index in [1.807, 2.05) is 12.1 Å². The zero-order valence-electron chi connectivity index (χ0n) is 11.2. The van der Waals surface area contributed by atoms with E-state index < -0.39 is 0 Å². The Bertz CT molecular complexity index is 645. The van der Waals surface area contributed by atoms with Gasteiger partial charge in [0.2, 0.25) is 0 Å². The second-order valence-corrected chi connectivity index (χ2v) is 5.16. The van der Waals surface area contributed by atoms with Gasteiger partial charge < -0.3 is 19.4 Å². The van der Waals surface area contributed by atoms with Crippen molar-refractivity contribution in [2.45, 2.75) is 19.4 Å². The SMILES string of the molecule is COc1ccc2c3c1c1c(n3CCO2)CCNCC1. The first-order valence-corrected chi connectivity index (χ1v) is 6.94. The third-order valence-electron chi connectivity index (χ3n) is 4.23.